The molecule has 0 aliphatic heterocycles. The molecule has 0 saturated heterocycles. The van der Waals surface area contributed by atoms with Crippen molar-refractivity contribution in [2.24, 2.45) is 0 Å². The standard InChI is InChI=1S/C2H6S.Y/c1-2-3;/h3H,2H2,1H3;/q;+3/p-1. The molecule has 0 spiro atoms. The zero-order chi connectivity index (χ0) is 2.71. The molecule has 0 fully saturated rings. The van der Waals surface area contributed by atoms with Gasteiger partial charge in [-0.1, -0.05) is 6.92 Å². The first-order valence-electron chi connectivity index (χ1n) is 0.996. The molecule has 0 heterocycles. The van der Waals surface area contributed by atoms with Gasteiger partial charge in [0.05, 0.1) is 0 Å². The molecule has 0 unspecified atom stereocenters. The second-order valence-electron chi connectivity index (χ2n) is 0.289. The molecule has 0 rings (SSSR count). The Morgan fingerprint density at radius 3 is 1.75 bits per heavy atom. The SMILES string of the molecule is CC[S-].[Y+3]. The van der Waals surface area contributed by atoms with E-state index in [1.165, 1.54) is 0 Å². The van der Waals surface area contributed by atoms with Gasteiger partial charge in [0.2, 0.25) is 0 Å². The molecular formula is C2H5SY+2. The second-order valence-corrected chi connectivity index (χ2v) is 0.866. The van der Waals surface area contributed by atoms with E-state index in [-0.39, 0.29) is 32.7 Å². The minimum Gasteiger partial charge on any atom is -0.793 e. The van der Waals surface area contributed by atoms with Crippen LogP contribution in [0, 0.1) is 0 Å². The maximum absolute atomic E-state index is 4.39. The Morgan fingerprint density at radius 1 is 1.75 bits per heavy atom. The zero-order valence-electron chi connectivity index (χ0n) is 2.69. The summed E-state index contributed by atoms with van der Waals surface area (Å²) in [5.74, 6) is 0.833. The minimum absolute atomic E-state index is 0. The number of rotatable bonds is 0. The van der Waals surface area contributed by atoms with Crippen molar-refractivity contribution in [2.45, 2.75) is 6.92 Å². The third-order valence-electron chi connectivity index (χ3n) is 0. The molecule has 0 aromatic carbocycles. The van der Waals surface area contributed by atoms with Gasteiger partial charge in [-0.25, -0.2) is 0 Å². The van der Waals surface area contributed by atoms with Crippen molar-refractivity contribution in [1.29, 1.82) is 0 Å². The molecule has 4 heavy (non-hydrogen) atoms. The van der Waals surface area contributed by atoms with Gasteiger partial charge in [0.25, 0.3) is 0 Å². The summed E-state index contributed by atoms with van der Waals surface area (Å²) in [6.07, 6.45) is 0. The Labute approximate surface area is 57.6 Å². The average molecular weight is 150 g/mol. The quantitative estimate of drug-likeness (QED) is 0.454. The van der Waals surface area contributed by atoms with Crippen LogP contribution in [0.4, 0.5) is 0 Å². The Bertz CT molecular complexity index is 6.00. The Hall–Kier alpha value is 1.45. The first-order valence-corrected chi connectivity index (χ1v) is 1.57. The molecule has 0 N–H and O–H groups in total. The molecule has 0 saturated carbocycles. The van der Waals surface area contributed by atoms with Crippen LogP contribution in [-0.4, -0.2) is 5.75 Å². The van der Waals surface area contributed by atoms with Gasteiger partial charge >= 0.3 is 32.7 Å². The fraction of sp³-hybridized carbons (Fsp3) is 1.00. The van der Waals surface area contributed by atoms with Crippen molar-refractivity contribution in [2.75, 3.05) is 5.75 Å². The van der Waals surface area contributed by atoms with Gasteiger partial charge in [0, 0.05) is 0 Å². The van der Waals surface area contributed by atoms with Crippen molar-refractivity contribution >= 4 is 12.6 Å². The van der Waals surface area contributed by atoms with Gasteiger partial charge < -0.3 is 12.6 Å². The first-order chi connectivity index (χ1) is 1.41. The molecule has 0 aromatic rings. The van der Waals surface area contributed by atoms with Crippen molar-refractivity contribution in [1.82, 2.24) is 0 Å². The molecule has 0 aromatic heterocycles. The summed E-state index contributed by atoms with van der Waals surface area (Å²) >= 11 is 4.39. The van der Waals surface area contributed by atoms with E-state index < -0.39 is 0 Å². The summed E-state index contributed by atoms with van der Waals surface area (Å²) in [5.41, 5.74) is 0. The first kappa shape index (κ1) is 9.07. The van der Waals surface area contributed by atoms with E-state index in [4.69, 9.17) is 0 Å². The smallest absolute Gasteiger partial charge is 0.793 e. The fourth-order valence-electron chi connectivity index (χ4n) is 0. The van der Waals surface area contributed by atoms with E-state index >= 15 is 0 Å². The summed E-state index contributed by atoms with van der Waals surface area (Å²) in [6.45, 7) is 1.94. The molecule has 0 radical (unpaired) electrons. The third-order valence-corrected chi connectivity index (χ3v) is 0. The monoisotopic (exact) mass is 150 g/mol. The van der Waals surface area contributed by atoms with Crippen molar-refractivity contribution in [3.05, 3.63) is 0 Å². The third kappa shape index (κ3) is 9.84. The fourth-order valence-corrected chi connectivity index (χ4v) is 0. The second kappa shape index (κ2) is 8.82. The van der Waals surface area contributed by atoms with Gasteiger partial charge in [-0.05, 0) is 0 Å². The van der Waals surface area contributed by atoms with Gasteiger partial charge in [0.15, 0.2) is 0 Å². The summed E-state index contributed by atoms with van der Waals surface area (Å²) in [5, 5.41) is 0. The summed E-state index contributed by atoms with van der Waals surface area (Å²) < 4.78 is 0. The Morgan fingerprint density at radius 2 is 1.75 bits per heavy atom. The van der Waals surface area contributed by atoms with Crippen LogP contribution in [0.3, 0.4) is 0 Å². The van der Waals surface area contributed by atoms with Crippen LogP contribution in [0.15, 0.2) is 0 Å². The van der Waals surface area contributed by atoms with E-state index in [2.05, 4.69) is 12.6 Å². The number of hydrogen-bond acceptors (Lipinski definition) is 1. The molecule has 0 bridgehead atoms. The maximum Gasteiger partial charge on any atom is 3.00 e. The predicted molar refractivity (Wildman–Crippen MR) is 17.9 cm³/mol. The molecule has 20 valence electrons. The van der Waals surface area contributed by atoms with Gasteiger partial charge in [0.1, 0.15) is 0 Å². The van der Waals surface area contributed by atoms with Gasteiger partial charge in [-0.3, -0.25) is 0 Å². The van der Waals surface area contributed by atoms with Gasteiger partial charge in [-0.15, -0.1) is 0 Å². The minimum atomic E-state index is 0. The topological polar surface area (TPSA) is 0 Å². The molecule has 0 amide bonds. The van der Waals surface area contributed by atoms with E-state index in [9.17, 15) is 0 Å². The molecule has 0 aliphatic carbocycles. The molecule has 0 nitrogen and oxygen atoms in total. The largest absolute Gasteiger partial charge is 3.00 e. The average Bonchev–Trinajstić information content (AvgIpc) is 0.918. The normalized spacial score (nSPS) is 4.50. The van der Waals surface area contributed by atoms with Crippen LogP contribution in [0.1, 0.15) is 6.92 Å². The van der Waals surface area contributed by atoms with Crippen LogP contribution >= 0.6 is 0 Å². The van der Waals surface area contributed by atoms with Crippen molar-refractivity contribution in [3.8, 4) is 0 Å². The summed E-state index contributed by atoms with van der Waals surface area (Å²) in [7, 11) is 0. The van der Waals surface area contributed by atoms with Crippen molar-refractivity contribution < 1.29 is 32.7 Å². The van der Waals surface area contributed by atoms with E-state index in [1.54, 1.807) is 0 Å². The Kier molecular flexibility index (Phi) is 20.0. The molecule has 0 atom stereocenters. The van der Waals surface area contributed by atoms with Crippen LogP contribution in [0.2, 0.25) is 0 Å². The predicted octanol–water partition coefficient (Wildman–Crippen LogP) is 0.551. The van der Waals surface area contributed by atoms with Crippen LogP contribution in [0.5, 0.6) is 0 Å². The van der Waals surface area contributed by atoms with Crippen LogP contribution < -0.4 is 0 Å². The molecule has 0 aliphatic rings. The number of hydrogen-bond donors (Lipinski definition) is 0. The van der Waals surface area contributed by atoms with Gasteiger partial charge in [-0.2, -0.15) is 5.75 Å². The maximum atomic E-state index is 4.39. The van der Waals surface area contributed by atoms with Crippen LogP contribution in [0.25, 0.3) is 0 Å². The van der Waals surface area contributed by atoms with E-state index in [0.29, 0.717) is 0 Å². The zero-order valence-corrected chi connectivity index (χ0v) is 6.35. The molecular weight excluding hydrogens is 145 g/mol. The van der Waals surface area contributed by atoms with Crippen LogP contribution in [-0.2, 0) is 45.3 Å². The Balaban J connectivity index is 0. The van der Waals surface area contributed by atoms with Crippen molar-refractivity contribution in [3.63, 3.8) is 0 Å². The summed E-state index contributed by atoms with van der Waals surface area (Å²) in [6, 6.07) is 0. The van der Waals surface area contributed by atoms with E-state index in [0.717, 1.165) is 5.75 Å². The summed E-state index contributed by atoms with van der Waals surface area (Å²) in [4.78, 5) is 0. The molecule has 2 heteroatoms. The van der Waals surface area contributed by atoms with E-state index in [1.807, 2.05) is 6.92 Å².